The molecule has 30 heavy (non-hydrogen) atoms. The summed E-state index contributed by atoms with van der Waals surface area (Å²) in [7, 11) is 0. The maximum Gasteiger partial charge on any atom is 0.165 e. The summed E-state index contributed by atoms with van der Waals surface area (Å²) < 4.78 is 21.2. The SMILES string of the molecule is CC1(C)O[C@H]2[C@H](n3ccc4c(Cl)ncnc43)O[C@H](Cc3ccc(Cl)c(Cl)c3)[C@@]2(C)O1. The van der Waals surface area contributed by atoms with Crippen LogP contribution >= 0.6 is 34.8 Å². The molecule has 6 nitrogen and oxygen atoms in total. The van der Waals surface area contributed by atoms with Crippen LogP contribution in [0.1, 0.15) is 32.6 Å². The minimum atomic E-state index is -0.743. The van der Waals surface area contributed by atoms with E-state index in [0.29, 0.717) is 27.3 Å². The van der Waals surface area contributed by atoms with E-state index in [-0.39, 0.29) is 12.2 Å². The maximum absolute atomic E-state index is 6.52. The minimum absolute atomic E-state index is 0.277. The molecule has 158 valence electrons. The first kappa shape index (κ1) is 20.5. The molecular formula is C21H20Cl3N3O3. The molecule has 2 saturated heterocycles. The van der Waals surface area contributed by atoms with Crippen LogP contribution in [0.5, 0.6) is 0 Å². The van der Waals surface area contributed by atoms with E-state index in [4.69, 9.17) is 49.0 Å². The Morgan fingerprint density at radius 1 is 1.07 bits per heavy atom. The van der Waals surface area contributed by atoms with Gasteiger partial charge < -0.3 is 18.8 Å². The van der Waals surface area contributed by atoms with E-state index >= 15 is 0 Å². The standard InChI is InChI=1S/C21H20Cl3N3O3/c1-20(2)29-16-19(27-7-6-12-17(24)25-10-26-18(12)27)28-15(21(16,3)30-20)9-11-4-5-13(22)14(23)8-11/h4-8,10,15-16,19H,9H2,1-3H3/t15-,16+,19-,21-/m1/s1. The summed E-state index contributed by atoms with van der Waals surface area (Å²) in [5.41, 5.74) is 1.02. The number of hydrogen-bond acceptors (Lipinski definition) is 5. The Balaban J connectivity index is 1.54. The lowest BCUT2D eigenvalue weighted by molar-refractivity contribution is -0.209. The summed E-state index contributed by atoms with van der Waals surface area (Å²) in [6, 6.07) is 7.48. The van der Waals surface area contributed by atoms with Crippen molar-refractivity contribution in [2.45, 2.75) is 57.0 Å². The molecular weight excluding hydrogens is 449 g/mol. The predicted molar refractivity (Wildman–Crippen MR) is 115 cm³/mol. The number of fused-ring (bicyclic) bond motifs is 2. The lowest BCUT2D eigenvalue weighted by Gasteiger charge is -2.29. The van der Waals surface area contributed by atoms with Crippen molar-refractivity contribution < 1.29 is 14.2 Å². The second-order valence-electron chi connectivity index (χ2n) is 8.32. The molecule has 3 aromatic rings. The normalized spacial score (nSPS) is 30.1. The first-order valence-electron chi connectivity index (χ1n) is 9.62. The summed E-state index contributed by atoms with van der Waals surface area (Å²) in [6.07, 6.45) is 2.87. The van der Waals surface area contributed by atoms with Gasteiger partial charge in [-0.05, 0) is 44.5 Å². The monoisotopic (exact) mass is 467 g/mol. The molecule has 0 bridgehead atoms. The summed E-state index contributed by atoms with van der Waals surface area (Å²) in [5, 5.41) is 2.19. The van der Waals surface area contributed by atoms with Crippen molar-refractivity contribution in [1.29, 1.82) is 0 Å². The van der Waals surface area contributed by atoms with Gasteiger partial charge in [0.15, 0.2) is 12.0 Å². The van der Waals surface area contributed by atoms with E-state index < -0.39 is 17.6 Å². The molecule has 0 radical (unpaired) electrons. The molecule has 0 saturated carbocycles. The van der Waals surface area contributed by atoms with E-state index in [2.05, 4.69) is 9.97 Å². The fourth-order valence-corrected chi connectivity index (χ4v) is 5.00. The Hall–Kier alpha value is -1.41. The van der Waals surface area contributed by atoms with Gasteiger partial charge in [-0.3, -0.25) is 0 Å². The summed E-state index contributed by atoms with van der Waals surface area (Å²) in [4.78, 5) is 8.47. The lowest BCUT2D eigenvalue weighted by Crippen LogP contribution is -2.44. The maximum atomic E-state index is 6.52. The molecule has 5 rings (SSSR count). The second-order valence-corrected chi connectivity index (χ2v) is 9.49. The van der Waals surface area contributed by atoms with E-state index in [0.717, 1.165) is 10.9 Å². The van der Waals surface area contributed by atoms with Gasteiger partial charge in [0, 0.05) is 12.6 Å². The lowest BCUT2D eigenvalue weighted by atomic mass is 9.90. The van der Waals surface area contributed by atoms with Crippen LogP contribution in [0.4, 0.5) is 0 Å². The number of hydrogen-bond donors (Lipinski definition) is 0. The zero-order valence-corrected chi connectivity index (χ0v) is 18.9. The quantitative estimate of drug-likeness (QED) is 0.479. The minimum Gasteiger partial charge on any atom is -0.348 e. The van der Waals surface area contributed by atoms with Crippen molar-refractivity contribution in [3.63, 3.8) is 0 Å². The Kier molecular flexibility index (Phi) is 4.82. The van der Waals surface area contributed by atoms with Crippen LogP contribution in [-0.2, 0) is 20.6 Å². The zero-order valence-electron chi connectivity index (χ0n) is 16.6. The molecule has 0 spiro atoms. The van der Waals surface area contributed by atoms with Gasteiger partial charge in [0.2, 0.25) is 0 Å². The molecule has 0 unspecified atom stereocenters. The Labute approximate surface area is 189 Å². The van der Waals surface area contributed by atoms with Gasteiger partial charge in [0.25, 0.3) is 0 Å². The average molecular weight is 469 g/mol. The van der Waals surface area contributed by atoms with Gasteiger partial charge in [-0.2, -0.15) is 0 Å². The van der Waals surface area contributed by atoms with Crippen molar-refractivity contribution in [3.05, 3.63) is 57.6 Å². The molecule has 0 aliphatic carbocycles. The number of benzene rings is 1. The Morgan fingerprint density at radius 2 is 1.87 bits per heavy atom. The highest BCUT2D eigenvalue weighted by molar-refractivity contribution is 6.42. The number of halogens is 3. The molecule has 2 aliphatic rings. The Morgan fingerprint density at radius 3 is 2.63 bits per heavy atom. The van der Waals surface area contributed by atoms with Crippen molar-refractivity contribution in [3.8, 4) is 0 Å². The van der Waals surface area contributed by atoms with Crippen LogP contribution < -0.4 is 0 Å². The van der Waals surface area contributed by atoms with E-state index in [1.54, 1.807) is 6.07 Å². The Bertz CT molecular complexity index is 1140. The third kappa shape index (κ3) is 3.22. The van der Waals surface area contributed by atoms with Crippen LogP contribution in [0.15, 0.2) is 36.8 Å². The van der Waals surface area contributed by atoms with Gasteiger partial charge in [-0.15, -0.1) is 0 Å². The van der Waals surface area contributed by atoms with E-state index in [1.165, 1.54) is 6.33 Å². The van der Waals surface area contributed by atoms with Crippen LogP contribution in [0.3, 0.4) is 0 Å². The number of rotatable bonds is 3. The highest BCUT2D eigenvalue weighted by Gasteiger charge is 2.63. The molecule has 1 aromatic carbocycles. The van der Waals surface area contributed by atoms with Gasteiger partial charge in [0.1, 0.15) is 28.8 Å². The van der Waals surface area contributed by atoms with Crippen LogP contribution in [0.2, 0.25) is 15.2 Å². The number of nitrogens with zero attached hydrogens (tertiary/aromatic N) is 3. The second kappa shape index (κ2) is 7.05. The van der Waals surface area contributed by atoms with Crippen LogP contribution in [0, 0.1) is 0 Å². The van der Waals surface area contributed by atoms with Crippen LogP contribution in [0.25, 0.3) is 11.0 Å². The predicted octanol–water partition coefficient (Wildman–Crippen LogP) is 5.44. The van der Waals surface area contributed by atoms with Gasteiger partial charge in [0.05, 0.1) is 21.5 Å². The first-order valence-corrected chi connectivity index (χ1v) is 10.8. The molecule has 4 atom stereocenters. The van der Waals surface area contributed by atoms with Crippen molar-refractivity contribution in [2.75, 3.05) is 0 Å². The molecule has 4 heterocycles. The zero-order chi connectivity index (χ0) is 21.3. The molecule has 9 heteroatoms. The third-order valence-electron chi connectivity index (χ3n) is 5.78. The molecule has 0 N–H and O–H groups in total. The number of ether oxygens (including phenoxy) is 3. The summed E-state index contributed by atoms with van der Waals surface area (Å²) >= 11 is 18.5. The summed E-state index contributed by atoms with van der Waals surface area (Å²) in [5.74, 6) is -0.743. The molecule has 2 aliphatic heterocycles. The molecule has 2 aromatic heterocycles. The highest BCUT2D eigenvalue weighted by atomic mass is 35.5. The third-order valence-corrected chi connectivity index (χ3v) is 6.82. The highest BCUT2D eigenvalue weighted by Crippen LogP contribution is 2.51. The largest absolute Gasteiger partial charge is 0.348 e. The summed E-state index contributed by atoms with van der Waals surface area (Å²) in [6.45, 7) is 5.86. The molecule has 2 fully saturated rings. The van der Waals surface area contributed by atoms with E-state index in [9.17, 15) is 0 Å². The first-order chi connectivity index (χ1) is 14.2. The fraction of sp³-hybridized carbons (Fsp3) is 0.429. The van der Waals surface area contributed by atoms with Gasteiger partial charge in [-0.25, -0.2) is 9.97 Å². The van der Waals surface area contributed by atoms with Crippen molar-refractivity contribution in [2.24, 2.45) is 0 Å². The molecule has 0 amide bonds. The van der Waals surface area contributed by atoms with E-state index in [1.807, 2.05) is 49.7 Å². The number of aromatic nitrogens is 3. The van der Waals surface area contributed by atoms with Crippen LogP contribution in [-0.4, -0.2) is 38.1 Å². The van der Waals surface area contributed by atoms with Gasteiger partial charge >= 0.3 is 0 Å². The van der Waals surface area contributed by atoms with Crippen molar-refractivity contribution >= 4 is 45.8 Å². The van der Waals surface area contributed by atoms with Gasteiger partial charge in [-0.1, -0.05) is 40.9 Å². The topological polar surface area (TPSA) is 58.4 Å². The smallest absolute Gasteiger partial charge is 0.165 e. The van der Waals surface area contributed by atoms with Crippen molar-refractivity contribution in [1.82, 2.24) is 14.5 Å². The fourth-order valence-electron chi connectivity index (χ4n) is 4.49. The average Bonchev–Trinajstić information content (AvgIpc) is 3.28.